The van der Waals surface area contributed by atoms with Gasteiger partial charge >= 0.3 is 11.9 Å². The standard InChI is InChI=1S/C12H22O6/c1-2-3-9-17-18-10(12(15)16)7-5-4-6-8-11(13)14/h10H,2-9H2,1H3,(H,13,14)(H,15,16). The maximum Gasteiger partial charge on any atom is 0.336 e. The molecular weight excluding hydrogens is 240 g/mol. The van der Waals surface area contributed by atoms with Crippen LogP contribution >= 0.6 is 0 Å². The molecule has 0 aliphatic carbocycles. The Bertz CT molecular complexity index is 241. The molecule has 0 bridgehead atoms. The first-order valence-electron chi connectivity index (χ1n) is 6.30. The van der Waals surface area contributed by atoms with Crippen LogP contribution in [0, 0.1) is 0 Å². The Morgan fingerprint density at radius 3 is 2.39 bits per heavy atom. The highest BCUT2D eigenvalue weighted by atomic mass is 17.2. The molecule has 18 heavy (non-hydrogen) atoms. The van der Waals surface area contributed by atoms with Gasteiger partial charge in [-0.25, -0.2) is 14.6 Å². The predicted octanol–water partition coefficient (Wildman–Crippen LogP) is 2.22. The van der Waals surface area contributed by atoms with Crippen LogP contribution in [0.1, 0.15) is 51.9 Å². The van der Waals surface area contributed by atoms with E-state index in [4.69, 9.17) is 20.0 Å². The molecule has 0 aromatic rings. The summed E-state index contributed by atoms with van der Waals surface area (Å²) in [7, 11) is 0. The van der Waals surface area contributed by atoms with Crippen molar-refractivity contribution in [3.8, 4) is 0 Å². The van der Waals surface area contributed by atoms with Gasteiger partial charge in [0.1, 0.15) is 0 Å². The molecule has 0 saturated heterocycles. The van der Waals surface area contributed by atoms with E-state index in [2.05, 4.69) is 0 Å². The molecule has 0 aromatic carbocycles. The number of aliphatic carboxylic acids is 2. The van der Waals surface area contributed by atoms with Crippen molar-refractivity contribution in [2.24, 2.45) is 0 Å². The molecule has 0 aromatic heterocycles. The molecule has 0 aliphatic heterocycles. The van der Waals surface area contributed by atoms with Crippen LogP contribution in [0.3, 0.4) is 0 Å². The summed E-state index contributed by atoms with van der Waals surface area (Å²) in [6.07, 6.45) is 3.11. The molecule has 106 valence electrons. The topological polar surface area (TPSA) is 93.1 Å². The number of hydrogen-bond donors (Lipinski definition) is 2. The van der Waals surface area contributed by atoms with Crippen molar-refractivity contribution in [1.29, 1.82) is 0 Å². The van der Waals surface area contributed by atoms with E-state index in [1.165, 1.54) is 0 Å². The Morgan fingerprint density at radius 2 is 1.83 bits per heavy atom. The Hall–Kier alpha value is -1.14. The summed E-state index contributed by atoms with van der Waals surface area (Å²) in [5, 5.41) is 17.3. The Labute approximate surface area is 107 Å². The van der Waals surface area contributed by atoms with Gasteiger partial charge in [-0.15, -0.1) is 0 Å². The second-order valence-electron chi connectivity index (χ2n) is 4.09. The molecule has 0 aliphatic rings. The molecule has 0 fully saturated rings. The van der Waals surface area contributed by atoms with Gasteiger partial charge in [-0.2, -0.15) is 0 Å². The van der Waals surface area contributed by atoms with Gasteiger partial charge in [0.25, 0.3) is 0 Å². The smallest absolute Gasteiger partial charge is 0.336 e. The van der Waals surface area contributed by atoms with Crippen molar-refractivity contribution in [3.05, 3.63) is 0 Å². The fraction of sp³-hybridized carbons (Fsp3) is 0.833. The van der Waals surface area contributed by atoms with Crippen LogP contribution in [-0.4, -0.2) is 34.9 Å². The van der Waals surface area contributed by atoms with Crippen molar-refractivity contribution >= 4 is 11.9 Å². The Morgan fingerprint density at radius 1 is 1.11 bits per heavy atom. The van der Waals surface area contributed by atoms with Crippen LogP contribution in [-0.2, 0) is 19.4 Å². The Kier molecular flexibility index (Phi) is 10.3. The summed E-state index contributed by atoms with van der Waals surface area (Å²) in [6, 6.07) is 0. The zero-order valence-corrected chi connectivity index (χ0v) is 10.8. The van der Waals surface area contributed by atoms with Gasteiger partial charge in [0.15, 0.2) is 6.10 Å². The predicted molar refractivity (Wildman–Crippen MR) is 64.1 cm³/mol. The fourth-order valence-corrected chi connectivity index (χ4v) is 1.33. The zero-order chi connectivity index (χ0) is 13.8. The zero-order valence-electron chi connectivity index (χ0n) is 10.8. The monoisotopic (exact) mass is 262 g/mol. The lowest BCUT2D eigenvalue weighted by Crippen LogP contribution is -2.24. The van der Waals surface area contributed by atoms with E-state index in [-0.39, 0.29) is 6.42 Å². The summed E-state index contributed by atoms with van der Waals surface area (Å²) in [6.45, 7) is 2.39. The molecule has 6 nitrogen and oxygen atoms in total. The van der Waals surface area contributed by atoms with Crippen molar-refractivity contribution in [3.63, 3.8) is 0 Å². The summed E-state index contributed by atoms with van der Waals surface area (Å²) >= 11 is 0. The minimum atomic E-state index is -1.05. The maximum absolute atomic E-state index is 10.8. The molecule has 0 saturated carbocycles. The molecule has 0 amide bonds. The average molecular weight is 262 g/mol. The Balaban J connectivity index is 3.63. The van der Waals surface area contributed by atoms with Crippen LogP contribution in [0.4, 0.5) is 0 Å². The van der Waals surface area contributed by atoms with Gasteiger partial charge in [-0.1, -0.05) is 26.2 Å². The van der Waals surface area contributed by atoms with E-state index in [9.17, 15) is 9.59 Å². The molecule has 0 radical (unpaired) electrons. The largest absolute Gasteiger partial charge is 0.481 e. The first-order valence-corrected chi connectivity index (χ1v) is 6.30. The molecule has 0 heterocycles. The molecule has 6 heteroatoms. The minimum Gasteiger partial charge on any atom is -0.481 e. The highest BCUT2D eigenvalue weighted by Gasteiger charge is 2.18. The van der Waals surface area contributed by atoms with Crippen LogP contribution in [0.15, 0.2) is 0 Å². The molecule has 1 unspecified atom stereocenters. The van der Waals surface area contributed by atoms with E-state index in [1.54, 1.807) is 0 Å². The molecular formula is C12H22O6. The van der Waals surface area contributed by atoms with Gasteiger partial charge in [-0.3, -0.25) is 4.79 Å². The number of unbranched alkanes of at least 4 members (excludes halogenated alkanes) is 3. The molecule has 0 rings (SSSR count). The third kappa shape index (κ3) is 10.0. The lowest BCUT2D eigenvalue weighted by Gasteiger charge is -2.12. The van der Waals surface area contributed by atoms with Crippen LogP contribution in [0.2, 0.25) is 0 Å². The summed E-state index contributed by atoms with van der Waals surface area (Å²) < 4.78 is 0. The summed E-state index contributed by atoms with van der Waals surface area (Å²) in [4.78, 5) is 30.7. The fourth-order valence-electron chi connectivity index (χ4n) is 1.33. The lowest BCUT2D eigenvalue weighted by molar-refractivity contribution is -0.321. The summed E-state index contributed by atoms with van der Waals surface area (Å²) in [5.74, 6) is -1.88. The van der Waals surface area contributed by atoms with E-state index in [1.807, 2.05) is 6.92 Å². The van der Waals surface area contributed by atoms with Gasteiger partial charge < -0.3 is 10.2 Å². The van der Waals surface area contributed by atoms with Gasteiger partial charge in [0, 0.05) is 6.42 Å². The first-order chi connectivity index (χ1) is 8.57. The normalized spacial score (nSPS) is 12.3. The average Bonchev–Trinajstić information content (AvgIpc) is 2.30. The summed E-state index contributed by atoms with van der Waals surface area (Å²) in [5.41, 5.74) is 0. The molecule has 0 spiro atoms. The van der Waals surface area contributed by atoms with Crippen molar-refractivity contribution < 1.29 is 29.6 Å². The van der Waals surface area contributed by atoms with Crippen molar-refractivity contribution in [2.75, 3.05) is 6.61 Å². The van der Waals surface area contributed by atoms with E-state index < -0.39 is 18.0 Å². The maximum atomic E-state index is 10.8. The molecule has 1 atom stereocenters. The van der Waals surface area contributed by atoms with Crippen LogP contribution < -0.4 is 0 Å². The highest BCUT2D eigenvalue weighted by molar-refractivity contribution is 5.72. The van der Waals surface area contributed by atoms with Crippen molar-refractivity contribution in [1.82, 2.24) is 0 Å². The second-order valence-corrected chi connectivity index (χ2v) is 4.09. The SMILES string of the molecule is CCCCOOC(CCCCCC(=O)O)C(=O)O. The number of hydrogen-bond acceptors (Lipinski definition) is 4. The van der Waals surface area contributed by atoms with Crippen LogP contribution in [0.25, 0.3) is 0 Å². The lowest BCUT2D eigenvalue weighted by atomic mass is 10.1. The number of carboxylic acid groups (broad SMARTS) is 2. The van der Waals surface area contributed by atoms with Crippen molar-refractivity contribution in [2.45, 2.75) is 58.0 Å². The van der Waals surface area contributed by atoms with Crippen LogP contribution in [0.5, 0.6) is 0 Å². The van der Waals surface area contributed by atoms with Gasteiger partial charge in [0.2, 0.25) is 0 Å². The van der Waals surface area contributed by atoms with E-state index in [0.717, 1.165) is 12.8 Å². The number of carbonyl (C=O) groups is 2. The van der Waals surface area contributed by atoms with Gasteiger partial charge in [0.05, 0.1) is 6.61 Å². The second kappa shape index (κ2) is 11.0. The third-order valence-electron chi connectivity index (χ3n) is 2.40. The van der Waals surface area contributed by atoms with E-state index >= 15 is 0 Å². The number of rotatable bonds is 12. The quantitative estimate of drug-likeness (QED) is 0.318. The van der Waals surface area contributed by atoms with E-state index in [0.29, 0.717) is 32.3 Å². The number of carboxylic acids is 2. The first kappa shape index (κ1) is 16.9. The highest BCUT2D eigenvalue weighted by Crippen LogP contribution is 2.09. The molecule has 2 N–H and O–H groups in total. The van der Waals surface area contributed by atoms with Gasteiger partial charge in [-0.05, 0) is 19.3 Å². The third-order valence-corrected chi connectivity index (χ3v) is 2.40. The minimum absolute atomic E-state index is 0.117.